The molecule has 1 aliphatic heterocycles. The van der Waals surface area contributed by atoms with Crippen LogP contribution in [0.5, 0.6) is 5.75 Å². The maximum atomic E-state index is 11.7. The zero-order valence-corrected chi connectivity index (χ0v) is 29.5. The highest BCUT2D eigenvalue weighted by Crippen LogP contribution is 2.37. The van der Waals surface area contributed by atoms with E-state index < -0.39 is 0 Å². The lowest BCUT2D eigenvalue weighted by atomic mass is 9.88. The first-order valence-electron chi connectivity index (χ1n) is 16.6. The van der Waals surface area contributed by atoms with E-state index in [-0.39, 0.29) is 6.67 Å². The van der Waals surface area contributed by atoms with Gasteiger partial charge in [-0.2, -0.15) is 0 Å². The van der Waals surface area contributed by atoms with Crippen LogP contribution in [0, 0.1) is 11.3 Å². The van der Waals surface area contributed by atoms with Crippen LogP contribution in [-0.4, -0.2) is 50.1 Å². The van der Waals surface area contributed by atoms with Gasteiger partial charge in [0.1, 0.15) is 23.6 Å². The Morgan fingerprint density at radius 2 is 2.00 bits per heavy atom. The molecule has 46 heavy (non-hydrogen) atoms. The molecule has 0 aliphatic carbocycles. The summed E-state index contributed by atoms with van der Waals surface area (Å²) in [6.45, 7) is 18.9. The quantitative estimate of drug-likeness (QED) is 0.0980. The van der Waals surface area contributed by atoms with Gasteiger partial charge < -0.3 is 21.1 Å². The van der Waals surface area contributed by atoms with Crippen LogP contribution in [0.3, 0.4) is 0 Å². The summed E-state index contributed by atoms with van der Waals surface area (Å²) >= 11 is 0. The molecule has 2 aromatic rings. The van der Waals surface area contributed by atoms with Crippen molar-refractivity contribution in [3.05, 3.63) is 71.4 Å². The Labute approximate surface area is 278 Å². The summed E-state index contributed by atoms with van der Waals surface area (Å²) in [7, 11) is 1.95. The van der Waals surface area contributed by atoms with Gasteiger partial charge in [-0.05, 0) is 74.4 Å². The molecule has 4 N–H and O–H groups in total. The number of anilines is 1. The Morgan fingerprint density at radius 1 is 1.26 bits per heavy atom. The van der Waals surface area contributed by atoms with E-state index in [0.717, 1.165) is 91.6 Å². The summed E-state index contributed by atoms with van der Waals surface area (Å²) in [6, 6.07) is 7.52. The number of nitrogens with one attached hydrogen (secondary N) is 2. The Kier molecular flexibility index (Phi) is 20.0. The average molecular weight is 634 g/mol. The number of ketones is 1. The molecule has 8 nitrogen and oxygen atoms in total. The van der Waals surface area contributed by atoms with Crippen molar-refractivity contribution in [2.24, 2.45) is 22.1 Å². The number of Topliss-reactive ketones (excluding diaryl/α,β-unsaturated/α-hetero) is 1. The molecule has 1 unspecified atom stereocenters. The standard InChI is InChI=1S/C20H22N4O2.C14H29NO.C4H8/c1-14(5-7-22-13-21)18-11-24-20(17-6-8-26-19(17)18)23-10-15-3-2-4-16(9-15)12-25;1-6-12(11-15-5)10-13(16)8-7-9-14(2,3)4;1-3-4-2/h2-5,7,9,11-12H,6,8,10,13,21H2,1H3,(H,23,24);12,15H,6-11H2,1-5H3;3H,1,4H2,2H3/b14-5+,22-7-;;. The van der Waals surface area contributed by atoms with Gasteiger partial charge in [-0.25, -0.2) is 4.98 Å². The summed E-state index contributed by atoms with van der Waals surface area (Å²) in [5.41, 5.74) is 10.5. The predicted octanol–water partition coefficient (Wildman–Crippen LogP) is 7.82. The first-order valence-corrected chi connectivity index (χ1v) is 16.6. The molecule has 1 atom stereocenters. The molecular weight excluding hydrogens is 574 g/mol. The van der Waals surface area contributed by atoms with Gasteiger partial charge in [0, 0.05) is 54.9 Å². The number of aldehydes is 1. The third-order valence-corrected chi connectivity index (χ3v) is 7.49. The number of benzene rings is 1. The highest BCUT2D eigenvalue weighted by molar-refractivity contribution is 5.86. The molecule has 254 valence electrons. The molecule has 1 aliphatic rings. The molecule has 2 heterocycles. The molecule has 1 aromatic heterocycles. The normalized spacial score (nSPS) is 13.0. The van der Waals surface area contributed by atoms with Gasteiger partial charge >= 0.3 is 0 Å². The van der Waals surface area contributed by atoms with Crippen LogP contribution in [0.2, 0.25) is 0 Å². The van der Waals surface area contributed by atoms with Crippen molar-refractivity contribution in [2.45, 2.75) is 93.0 Å². The van der Waals surface area contributed by atoms with Crippen molar-refractivity contribution < 1.29 is 14.3 Å². The van der Waals surface area contributed by atoms with E-state index in [1.54, 1.807) is 12.3 Å². The molecule has 0 saturated heterocycles. The summed E-state index contributed by atoms with van der Waals surface area (Å²) in [5, 5.41) is 6.51. The number of fused-ring (bicyclic) bond motifs is 1. The number of pyridine rings is 1. The third-order valence-electron chi connectivity index (χ3n) is 7.49. The Morgan fingerprint density at radius 3 is 2.61 bits per heavy atom. The number of hydrogen-bond donors (Lipinski definition) is 3. The van der Waals surface area contributed by atoms with Crippen molar-refractivity contribution in [3.63, 3.8) is 0 Å². The molecule has 8 heteroatoms. The van der Waals surface area contributed by atoms with Gasteiger partial charge in [-0.15, -0.1) is 6.58 Å². The highest BCUT2D eigenvalue weighted by Gasteiger charge is 2.22. The summed E-state index contributed by atoms with van der Waals surface area (Å²) in [6.07, 6.45) is 14.8. The van der Waals surface area contributed by atoms with Crippen molar-refractivity contribution in [1.82, 2.24) is 10.3 Å². The molecule has 0 saturated carbocycles. The van der Waals surface area contributed by atoms with Crippen molar-refractivity contribution in [2.75, 3.05) is 32.2 Å². The molecule has 3 rings (SSSR count). The molecule has 0 radical (unpaired) electrons. The third kappa shape index (κ3) is 16.1. The van der Waals surface area contributed by atoms with E-state index in [0.29, 0.717) is 35.8 Å². The van der Waals surface area contributed by atoms with E-state index in [9.17, 15) is 9.59 Å². The van der Waals surface area contributed by atoms with Crippen LogP contribution < -0.4 is 21.1 Å². The maximum absolute atomic E-state index is 11.7. The number of aliphatic imine (C=N–C) groups is 1. The smallest absolute Gasteiger partial charge is 0.150 e. The summed E-state index contributed by atoms with van der Waals surface area (Å²) < 4.78 is 5.85. The van der Waals surface area contributed by atoms with Crippen molar-refractivity contribution in [1.29, 1.82) is 0 Å². The molecular formula is C38H59N5O3. The largest absolute Gasteiger partial charge is 0.492 e. The summed E-state index contributed by atoms with van der Waals surface area (Å²) in [4.78, 5) is 31.2. The number of ether oxygens (including phenoxy) is 1. The van der Waals surface area contributed by atoms with Crippen LogP contribution in [0.4, 0.5) is 5.82 Å². The Balaban J connectivity index is 0.000000453. The van der Waals surface area contributed by atoms with E-state index in [2.05, 4.69) is 61.8 Å². The van der Waals surface area contributed by atoms with Crippen molar-refractivity contribution in [3.8, 4) is 5.75 Å². The molecule has 0 spiro atoms. The van der Waals surface area contributed by atoms with Crippen LogP contribution in [-0.2, 0) is 17.8 Å². The maximum Gasteiger partial charge on any atom is 0.150 e. The number of carbonyl (C=O) groups is 2. The van der Waals surface area contributed by atoms with Gasteiger partial charge in [-0.1, -0.05) is 65.3 Å². The number of nitrogens with zero attached hydrogens (tertiary/aromatic N) is 2. The second kappa shape index (κ2) is 22.8. The van der Waals surface area contributed by atoms with Gasteiger partial charge in [0.25, 0.3) is 0 Å². The summed E-state index contributed by atoms with van der Waals surface area (Å²) in [5.74, 6) is 2.65. The molecule has 0 bridgehead atoms. The lowest BCUT2D eigenvalue weighted by Gasteiger charge is -2.18. The topological polar surface area (TPSA) is 119 Å². The van der Waals surface area contributed by atoms with Gasteiger partial charge in [0.2, 0.25) is 0 Å². The first-order chi connectivity index (χ1) is 22.0. The van der Waals surface area contributed by atoms with Gasteiger partial charge in [0.15, 0.2) is 0 Å². The zero-order valence-electron chi connectivity index (χ0n) is 29.5. The minimum absolute atomic E-state index is 0.269. The van der Waals surface area contributed by atoms with E-state index in [4.69, 9.17) is 10.5 Å². The second-order valence-electron chi connectivity index (χ2n) is 12.7. The second-order valence-corrected chi connectivity index (χ2v) is 12.7. The lowest BCUT2D eigenvalue weighted by molar-refractivity contribution is -0.120. The first kappa shape index (κ1) is 40.4. The van der Waals surface area contributed by atoms with Crippen LogP contribution >= 0.6 is 0 Å². The van der Waals surface area contributed by atoms with Gasteiger partial charge in [-0.3, -0.25) is 14.6 Å². The average Bonchev–Trinajstić information content (AvgIpc) is 3.54. The number of allylic oxidation sites excluding steroid dienone is 3. The van der Waals surface area contributed by atoms with Crippen LogP contribution in [0.25, 0.3) is 5.57 Å². The SMILES string of the molecule is C/C(=C\C=N/CN)c1cnc(NCc2cccc(C=O)c2)c2c1OCC2.C=CCC.CCC(CNC)CC(=O)CCCC(C)(C)C. The molecule has 0 fully saturated rings. The Hall–Kier alpha value is -3.62. The van der Waals surface area contributed by atoms with Crippen molar-refractivity contribution >= 4 is 29.7 Å². The number of aromatic nitrogens is 1. The van der Waals surface area contributed by atoms with Crippen LogP contribution in [0.1, 0.15) is 107 Å². The number of carbonyl (C=O) groups excluding carboxylic acids is 2. The van der Waals surface area contributed by atoms with E-state index >= 15 is 0 Å². The fourth-order valence-electron chi connectivity index (χ4n) is 4.79. The van der Waals surface area contributed by atoms with E-state index in [1.165, 1.54) is 0 Å². The minimum atomic E-state index is 0.269. The fraction of sp³-hybridized carbons (Fsp3) is 0.526. The number of nitrogens with two attached hydrogens (primary N) is 1. The monoisotopic (exact) mass is 633 g/mol. The van der Waals surface area contributed by atoms with Gasteiger partial charge in [0.05, 0.1) is 13.3 Å². The molecule has 0 amide bonds. The van der Waals surface area contributed by atoms with Crippen LogP contribution in [0.15, 0.2) is 54.2 Å². The zero-order chi connectivity index (χ0) is 34.4. The number of rotatable bonds is 16. The predicted molar refractivity (Wildman–Crippen MR) is 195 cm³/mol. The minimum Gasteiger partial charge on any atom is -0.492 e. The highest BCUT2D eigenvalue weighted by atomic mass is 16.5. The fourth-order valence-corrected chi connectivity index (χ4v) is 4.79. The number of hydrogen-bond acceptors (Lipinski definition) is 8. The lowest BCUT2D eigenvalue weighted by Crippen LogP contribution is -2.21. The molecule has 1 aromatic carbocycles. The van der Waals surface area contributed by atoms with E-state index in [1.807, 2.05) is 50.5 Å². The Bertz CT molecular complexity index is 1260.